The number of benzene rings is 2. The van der Waals surface area contributed by atoms with Gasteiger partial charge in [-0.3, -0.25) is 9.59 Å². The van der Waals surface area contributed by atoms with E-state index in [9.17, 15) is 22.8 Å². The van der Waals surface area contributed by atoms with Crippen molar-refractivity contribution in [2.45, 2.75) is 24.6 Å². The number of anilines is 1. The lowest BCUT2D eigenvalue weighted by Crippen LogP contribution is -2.30. The summed E-state index contributed by atoms with van der Waals surface area (Å²) in [6.07, 6.45) is -3.96. The van der Waals surface area contributed by atoms with Crippen molar-refractivity contribution in [3.05, 3.63) is 64.7 Å². The average molecular weight is 346 g/mol. The number of nitrogens with zero attached hydrogens (tertiary/aromatic N) is 1. The monoisotopic (exact) mass is 346 g/mol. The Hall–Kier alpha value is -2.67. The van der Waals surface area contributed by atoms with Crippen LogP contribution in [0.15, 0.2) is 42.5 Å². The van der Waals surface area contributed by atoms with Crippen LogP contribution in [0.25, 0.3) is 0 Å². The summed E-state index contributed by atoms with van der Waals surface area (Å²) in [5.41, 5.74) is 5.78. The van der Waals surface area contributed by atoms with E-state index in [1.807, 2.05) is 0 Å². The molecule has 25 heavy (non-hydrogen) atoms. The topological polar surface area (TPSA) is 63.4 Å². The molecule has 0 spiro atoms. The minimum atomic E-state index is -4.57. The van der Waals surface area contributed by atoms with Gasteiger partial charge in [0, 0.05) is 12.0 Å². The minimum Gasteiger partial charge on any atom is -0.327 e. The summed E-state index contributed by atoms with van der Waals surface area (Å²) in [5, 5.41) is 0. The fourth-order valence-electron chi connectivity index (χ4n) is 3.21. The van der Waals surface area contributed by atoms with Gasteiger partial charge in [-0.15, -0.1) is 0 Å². The number of nitrogens with two attached hydrogens (primary N) is 1. The summed E-state index contributed by atoms with van der Waals surface area (Å²) in [6.45, 7) is 0. The molecule has 0 bridgehead atoms. The fourth-order valence-corrected chi connectivity index (χ4v) is 3.21. The SMILES string of the molecule is NC1CC1c1ccc(C(F)(F)F)cc1N1C(=O)c2ccccc2C1=O. The van der Waals surface area contributed by atoms with Gasteiger partial charge < -0.3 is 5.73 Å². The van der Waals surface area contributed by atoms with Crippen LogP contribution in [0.5, 0.6) is 0 Å². The van der Waals surface area contributed by atoms with Crippen LogP contribution >= 0.6 is 0 Å². The highest BCUT2D eigenvalue weighted by atomic mass is 19.4. The van der Waals surface area contributed by atoms with Gasteiger partial charge in [-0.1, -0.05) is 18.2 Å². The maximum atomic E-state index is 13.1. The number of hydrogen-bond donors (Lipinski definition) is 1. The third-order valence-corrected chi connectivity index (χ3v) is 4.63. The Balaban J connectivity index is 1.87. The quantitative estimate of drug-likeness (QED) is 0.849. The van der Waals surface area contributed by atoms with Gasteiger partial charge in [0.25, 0.3) is 11.8 Å². The zero-order valence-corrected chi connectivity index (χ0v) is 12.9. The van der Waals surface area contributed by atoms with E-state index in [2.05, 4.69) is 0 Å². The number of imide groups is 1. The highest BCUT2D eigenvalue weighted by Gasteiger charge is 2.43. The van der Waals surface area contributed by atoms with Gasteiger partial charge in [0.2, 0.25) is 0 Å². The molecule has 0 radical (unpaired) electrons. The van der Waals surface area contributed by atoms with E-state index in [0.717, 1.165) is 17.0 Å². The predicted octanol–water partition coefficient (Wildman–Crippen LogP) is 3.32. The van der Waals surface area contributed by atoms with Crippen LogP contribution < -0.4 is 10.6 Å². The highest BCUT2D eigenvalue weighted by molar-refractivity contribution is 6.34. The third-order valence-electron chi connectivity index (χ3n) is 4.63. The number of carbonyl (C=O) groups is 2. The molecule has 2 aliphatic rings. The normalized spacial score (nSPS) is 22.3. The molecule has 1 aliphatic heterocycles. The van der Waals surface area contributed by atoms with E-state index in [0.29, 0.717) is 12.0 Å². The molecule has 2 N–H and O–H groups in total. The van der Waals surface area contributed by atoms with Crippen molar-refractivity contribution in [1.29, 1.82) is 0 Å². The molecule has 2 aromatic rings. The highest BCUT2D eigenvalue weighted by Crippen LogP contribution is 2.46. The number of carbonyl (C=O) groups excluding carboxylic acids is 2. The second-order valence-electron chi connectivity index (χ2n) is 6.27. The molecule has 1 heterocycles. The molecule has 2 atom stereocenters. The first-order valence-electron chi connectivity index (χ1n) is 7.73. The number of fused-ring (bicyclic) bond motifs is 1. The standard InChI is InChI=1S/C18H13F3N2O2/c19-18(20,21)9-5-6-10(13-8-14(13)22)15(7-9)23-16(24)11-3-1-2-4-12(11)17(23)25/h1-7,13-14H,8,22H2. The maximum Gasteiger partial charge on any atom is 0.416 e. The van der Waals surface area contributed by atoms with E-state index in [4.69, 9.17) is 5.73 Å². The van der Waals surface area contributed by atoms with Crippen LogP contribution in [0, 0.1) is 0 Å². The van der Waals surface area contributed by atoms with Crippen molar-refractivity contribution >= 4 is 17.5 Å². The summed E-state index contributed by atoms with van der Waals surface area (Å²) < 4.78 is 39.4. The van der Waals surface area contributed by atoms with Crippen LogP contribution in [0.1, 0.15) is 44.2 Å². The van der Waals surface area contributed by atoms with Crippen LogP contribution in [0.3, 0.4) is 0 Å². The van der Waals surface area contributed by atoms with E-state index >= 15 is 0 Å². The zero-order chi connectivity index (χ0) is 17.9. The van der Waals surface area contributed by atoms with Gasteiger partial charge in [-0.2, -0.15) is 13.2 Å². The average Bonchev–Trinajstić information content (AvgIpc) is 3.24. The van der Waals surface area contributed by atoms with Gasteiger partial charge in [0.05, 0.1) is 22.4 Å². The molecule has 1 saturated carbocycles. The third kappa shape index (κ3) is 2.42. The van der Waals surface area contributed by atoms with Crippen LogP contribution in [-0.4, -0.2) is 17.9 Å². The summed E-state index contributed by atoms with van der Waals surface area (Å²) in [6, 6.07) is 9.17. The van der Waals surface area contributed by atoms with E-state index in [1.165, 1.54) is 18.2 Å². The number of rotatable bonds is 2. The van der Waals surface area contributed by atoms with Crippen molar-refractivity contribution < 1.29 is 22.8 Å². The van der Waals surface area contributed by atoms with Crippen LogP contribution in [-0.2, 0) is 6.18 Å². The molecular weight excluding hydrogens is 333 g/mol. The van der Waals surface area contributed by atoms with Gasteiger partial charge in [-0.05, 0) is 36.2 Å². The Bertz CT molecular complexity index is 872. The van der Waals surface area contributed by atoms with E-state index < -0.39 is 23.6 Å². The first-order chi connectivity index (χ1) is 11.8. The molecule has 2 aromatic carbocycles. The molecule has 1 fully saturated rings. The Morgan fingerprint density at radius 3 is 2.04 bits per heavy atom. The molecule has 4 nitrogen and oxygen atoms in total. The Morgan fingerprint density at radius 1 is 1.00 bits per heavy atom. The van der Waals surface area contributed by atoms with Crippen molar-refractivity contribution in [2.75, 3.05) is 4.90 Å². The lowest BCUT2D eigenvalue weighted by Gasteiger charge is -2.20. The molecule has 1 aliphatic carbocycles. The first kappa shape index (κ1) is 15.8. The molecule has 7 heteroatoms. The number of hydrogen-bond acceptors (Lipinski definition) is 3. The minimum absolute atomic E-state index is 0.0287. The predicted molar refractivity (Wildman–Crippen MR) is 84.4 cm³/mol. The lowest BCUT2D eigenvalue weighted by molar-refractivity contribution is -0.137. The molecule has 0 saturated heterocycles. The van der Waals surface area contributed by atoms with Crippen molar-refractivity contribution in [3.8, 4) is 0 Å². The largest absolute Gasteiger partial charge is 0.416 e. The summed E-state index contributed by atoms with van der Waals surface area (Å²) >= 11 is 0. The van der Waals surface area contributed by atoms with Crippen molar-refractivity contribution in [2.24, 2.45) is 5.73 Å². The summed E-state index contributed by atoms with van der Waals surface area (Å²) in [5.74, 6) is -1.38. The second kappa shape index (κ2) is 5.16. The smallest absolute Gasteiger partial charge is 0.327 e. The number of amides is 2. The Morgan fingerprint density at radius 2 is 1.56 bits per heavy atom. The molecule has 0 aromatic heterocycles. The Labute approximate surface area is 141 Å². The number of halogens is 3. The molecule has 2 amide bonds. The number of alkyl halides is 3. The van der Waals surface area contributed by atoms with Gasteiger partial charge in [-0.25, -0.2) is 4.90 Å². The van der Waals surface area contributed by atoms with E-state index in [1.54, 1.807) is 12.1 Å². The lowest BCUT2D eigenvalue weighted by atomic mass is 10.0. The van der Waals surface area contributed by atoms with Gasteiger partial charge in [0.1, 0.15) is 0 Å². The summed E-state index contributed by atoms with van der Waals surface area (Å²) in [4.78, 5) is 26.1. The van der Waals surface area contributed by atoms with Crippen LogP contribution in [0.4, 0.5) is 18.9 Å². The van der Waals surface area contributed by atoms with Gasteiger partial charge >= 0.3 is 6.18 Å². The molecular formula is C18H13F3N2O2. The van der Waals surface area contributed by atoms with Crippen molar-refractivity contribution in [1.82, 2.24) is 0 Å². The second-order valence-corrected chi connectivity index (χ2v) is 6.27. The summed E-state index contributed by atoms with van der Waals surface area (Å²) in [7, 11) is 0. The zero-order valence-electron chi connectivity index (χ0n) is 12.9. The fraction of sp³-hybridized carbons (Fsp3) is 0.222. The van der Waals surface area contributed by atoms with Gasteiger partial charge in [0.15, 0.2) is 0 Å². The maximum absolute atomic E-state index is 13.1. The van der Waals surface area contributed by atoms with Crippen molar-refractivity contribution in [3.63, 3.8) is 0 Å². The van der Waals surface area contributed by atoms with Crippen LogP contribution in [0.2, 0.25) is 0 Å². The molecule has 2 unspecified atom stereocenters. The van der Waals surface area contributed by atoms with E-state index in [-0.39, 0.29) is 28.8 Å². The Kier molecular flexibility index (Phi) is 3.27. The molecule has 128 valence electrons. The molecule has 4 rings (SSSR count). The first-order valence-corrected chi connectivity index (χ1v) is 7.73.